The van der Waals surface area contributed by atoms with E-state index in [-0.39, 0.29) is 24.8 Å². The Morgan fingerprint density at radius 3 is 2.15 bits per heavy atom. The Kier molecular flexibility index (Phi) is 12.4. The summed E-state index contributed by atoms with van der Waals surface area (Å²) in [5.41, 5.74) is 7.16. The van der Waals surface area contributed by atoms with E-state index in [2.05, 4.69) is 20.9 Å². The summed E-state index contributed by atoms with van der Waals surface area (Å²) in [6.45, 7) is 5.75. The summed E-state index contributed by atoms with van der Waals surface area (Å²) in [6.07, 6.45) is 3.10. The third-order valence-corrected chi connectivity index (χ3v) is 7.70. The molecule has 1 amide bonds. The second-order valence-electron chi connectivity index (χ2n) is 10.7. The van der Waals surface area contributed by atoms with Gasteiger partial charge in [0.2, 0.25) is 0 Å². The zero-order valence-electron chi connectivity index (χ0n) is 26.6. The lowest BCUT2D eigenvalue weighted by Crippen LogP contribution is -2.19. The molecular weight excluding hydrogens is 587 g/mol. The molecule has 3 aromatic carbocycles. The molecule has 0 spiro atoms. The minimum absolute atomic E-state index is 0.0160. The van der Waals surface area contributed by atoms with Crippen molar-refractivity contribution in [2.24, 2.45) is 0 Å². The molecule has 0 radical (unpaired) electrons. The van der Waals surface area contributed by atoms with E-state index in [9.17, 15) is 4.79 Å². The molecule has 4 aromatic rings. The Morgan fingerprint density at radius 1 is 0.848 bits per heavy atom. The molecule has 46 heavy (non-hydrogen) atoms. The van der Waals surface area contributed by atoms with Gasteiger partial charge in [0.1, 0.15) is 23.0 Å². The SMILES string of the molecule is COc1cc(/C(F)=C/c2cccc(-c3cccc(NC(=O)c4cc(OC)c(CNCCO)cn4)c3C)c2C)ccc1CNCCO. The Labute approximate surface area is 269 Å². The molecule has 0 saturated heterocycles. The maximum absolute atomic E-state index is 15.6. The molecule has 1 aromatic heterocycles. The minimum Gasteiger partial charge on any atom is -0.496 e. The number of carbonyl (C=O) groups is 1. The summed E-state index contributed by atoms with van der Waals surface area (Å²) in [6, 6.07) is 18.2. The number of benzene rings is 3. The Balaban J connectivity index is 1.57. The maximum Gasteiger partial charge on any atom is 0.274 e. The molecule has 1 heterocycles. The van der Waals surface area contributed by atoms with Gasteiger partial charge in [0.05, 0.1) is 27.4 Å². The predicted octanol–water partition coefficient (Wildman–Crippen LogP) is 5.27. The zero-order valence-corrected chi connectivity index (χ0v) is 26.6. The van der Waals surface area contributed by atoms with Crippen molar-refractivity contribution in [3.63, 3.8) is 0 Å². The number of pyridine rings is 1. The van der Waals surface area contributed by atoms with Gasteiger partial charge in [-0.2, -0.15) is 0 Å². The highest BCUT2D eigenvalue weighted by Crippen LogP contribution is 2.34. The van der Waals surface area contributed by atoms with Crippen LogP contribution < -0.4 is 25.4 Å². The van der Waals surface area contributed by atoms with E-state index in [0.717, 1.165) is 38.9 Å². The molecule has 0 saturated carbocycles. The average Bonchev–Trinajstić information content (AvgIpc) is 3.07. The molecule has 242 valence electrons. The van der Waals surface area contributed by atoms with Crippen LogP contribution in [0.3, 0.4) is 0 Å². The average molecular weight is 629 g/mol. The number of aromatic nitrogens is 1. The highest BCUT2D eigenvalue weighted by Gasteiger charge is 2.16. The van der Waals surface area contributed by atoms with Crippen molar-refractivity contribution < 1.29 is 28.9 Å². The number of nitrogens with zero attached hydrogens (tertiary/aromatic N) is 1. The molecule has 0 aliphatic carbocycles. The Bertz CT molecular complexity index is 1690. The number of anilines is 1. The first-order chi connectivity index (χ1) is 22.3. The number of methoxy groups -OCH3 is 2. The van der Waals surface area contributed by atoms with Gasteiger partial charge in [0.15, 0.2) is 0 Å². The van der Waals surface area contributed by atoms with E-state index in [4.69, 9.17) is 19.7 Å². The summed E-state index contributed by atoms with van der Waals surface area (Å²) in [5, 5.41) is 27.2. The molecule has 0 bridgehead atoms. The summed E-state index contributed by atoms with van der Waals surface area (Å²) in [4.78, 5) is 17.5. The van der Waals surface area contributed by atoms with Crippen molar-refractivity contribution >= 4 is 23.5 Å². The Morgan fingerprint density at radius 2 is 1.48 bits per heavy atom. The quantitative estimate of drug-likeness (QED) is 0.0892. The molecule has 0 aliphatic heterocycles. The van der Waals surface area contributed by atoms with Gasteiger partial charge in [0, 0.05) is 60.8 Å². The molecule has 4 rings (SSSR count). The van der Waals surface area contributed by atoms with Crippen molar-refractivity contribution in [1.29, 1.82) is 0 Å². The van der Waals surface area contributed by atoms with Gasteiger partial charge < -0.3 is 35.6 Å². The zero-order chi connectivity index (χ0) is 33.1. The summed E-state index contributed by atoms with van der Waals surface area (Å²) >= 11 is 0. The third-order valence-electron chi connectivity index (χ3n) is 7.70. The van der Waals surface area contributed by atoms with Crippen molar-refractivity contribution in [2.75, 3.05) is 45.8 Å². The van der Waals surface area contributed by atoms with E-state index < -0.39 is 5.83 Å². The van der Waals surface area contributed by atoms with Crippen LogP contribution in [0.2, 0.25) is 0 Å². The smallest absolute Gasteiger partial charge is 0.274 e. The van der Waals surface area contributed by atoms with Gasteiger partial charge in [-0.15, -0.1) is 0 Å². The Hall–Kier alpha value is -4.61. The first-order valence-electron chi connectivity index (χ1n) is 15.0. The van der Waals surface area contributed by atoms with Crippen LogP contribution >= 0.6 is 0 Å². The van der Waals surface area contributed by atoms with Gasteiger partial charge in [-0.3, -0.25) is 9.78 Å². The molecule has 0 aliphatic rings. The number of amides is 1. The lowest BCUT2D eigenvalue weighted by Gasteiger charge is -2.16. The number of ether oxygens (including phenoxy) is 2. The van der Waals surface area contributed by atoms with Gasteiger partial charge in [-0.25, -0.2) is 4.39 Å². The predicted molar refractivity (Wildman–Crippen MR) is 180 cm³/mol. The summed E-state index contributed by atoms with van der Waals surface area (Å²) in [7, 11) is 3.08. The number of carbonyl (C=O) groups excluding carboxylic acids is 1. The third kappa shape index (κ3) is 8.35. The largest absolute Gasteiger partial charge is 0.496 e. The fourth-order valence-electron chi connectivity index (χ4n) is 5.13. The lowest BCUT2D eigenvalue weighted by molar-refractivity contribution is 0.102. The van der Waals surface area contributed by atoms with Crippen LogP contribution in [0.1, 0.15) is 43.9 Å². The van der Waals surface area contributed by atoms with Gasteiger partial charge in [-0.05, 0) is 59.9 Å². The summed E-state index contributed by atoms with van der Waals surface area (Å²) < 4.78 is 26.5. The second-order valence-corrected chi connectivity index (χ2v) is 10.7. The normalized spacial score (nSPS) is 11.4. The minimum atomic E-state index is -0.399. The molecule has 5 N–H and O–H groups in total. The first kappa shape index (κ1) is 34.3. The van der Waals surface area contributed by atoms with Gasteiger partial charge in [0.25, 0.3) is 5.91 Å². The van der Waals surface area contributed by atoms with Crippen LogP contribution in [0, 0.1) is 13.8 Å². The van der Waals surface area contributed by atoms with Crippen LogP contribution in [0.5, 0.6) is 11.5 Å². The maximum atomic E-state index is 15.6. The van der Waals surface area contributed by atoms with Crippen LogP contribution in [0.25, 0.3) is 23.0 Å². The molecule has 9 nitrogen and oxygen atoms in total. The van der Waals surface area contributed by atoms with E-state index in [0.29, 0.717) is 48.9 Å². The number of hydrogen-bond donors (Lipinski definition) is 5. The molecule has 0 unspecified atom stereocenters. The fraction of sp³-hybridized carbons (Fsp3) is 0.278. The fourth-order valence-corrected chi connectivity index (χ4v) is 5.13. The molecular formula is C36H41FN4O5. The first-order valence-corrected chi connectivity index (χ1v) is 15.0. The van der Waals surface area contributed by atoms with E-state index in [1.165, 1.54) is 13.2 Å². The van der Waals surface area contributed by atoms with Crippen LogP contribution in [-0.2, 0) is 13.1 Å². The number of rotatable bonds is 15. The summed E-state index contributed by atoms with van der Waals surface area (Å²) in [5.74, 6) is 0.304. The number of aliphatic hydroxyl groups excluding tert-OH is 2. The monoisotopic (exact) mass is 628 g/mol. The van der Waals surface area contributed by atoms with Crippen molar-refractivity contribution in [3.8, 4) is 22.6 Å². The highest BCUT2D eigenvalue weighted by atomic mass is 19.1. The molecule has 10 heteroatoms. The van der Waals surface area contributed by atoms with Crippen LogP contribution in [0.4, 0.5) is 10.1 Å². The standard InChI is InChI=1S/C36H41FN4O5/c1-23-25(17-31(37)26-11-12-27(20-38-13-15-42)34(18-26)45-3)7-5-8-29(23)30-9-6-10-32(24(30)2)41-36(44)33-19-35(46-4)28(22-40-33)21-39-14-16-43/h5-12,17-19,22,38-39,42-43H,13-16,20-21H2,1-4H3,(H,41,44)/b31-17-. The van der Waals surface area contributed by atoms with Gasteiger partial charge >= 0.3 is 0 Å². The lowest BCUT2D eigenvalue weighted by atomic mass is 9.92. The second kappa shape index (κ2) is 16.6. The van der Waals surface area contributed by atoms with Crippen LogP contribution in [0.15, 0.2) is 66.9 Å². The molecule has 0 fully saturated rings. The van der Waals surface area contributed by atoms with Crippen molar-refractivity contribution in [1.82, 2.24) is 15.6 Å². The number of aliphatic hydroxyl groups is 2. The van der Waals surface area contributed by atoms with Crippen molar-refractivity contribution in [2.45, 2.75) is 26.9 Å². The topological polar surface area (TPSA) is 125 Å². The number of nitrogens with one attached hydrogen (secondary N) is 3. The van der Waals surface area contributed by atoms with E-state index >= 15 is 4.39 Å². The van der Waals surface area contributed by atoms with E-state index in [1.54, 1.807) is 31.5 Å². The molecule has 0 atom stereocenters. The number of halogens is 1. The van der Waals surface area contributed by atoms with Gasteiger partial charge in [-0.1, -0.05) is 42.5 Å². The van der Waals surface area contributed by atoms with Crippen molar-refractivity contribution in [3.05, 3.63) is 106 Å². The van der Waals surface area contributed by atoms with E-state index in [1.807, 2.05) is 56.3 Å². The number of hydrogen-bond acceptors (Lipinski definition) is 8. The van der Waals surface area contributed by atoms with Crippen LogP contribution in [-0.4, -0.2) is 61.6 Å². The highest BCUT2D eigenvalue weighted by molar-refractivity contribution is 6.04.